The smallest absolute Gasteiger partial charge is 0.376 e. The zero-order valence-corrected chi connectivity index (χ0v) is 17.3. The van der Waals surface area contributed by atoms with Crippen LogP contribution in [0, 0.1) is 17.3 Å². The Morgan fingerprint density at radius 3 is 2.63 bits per heavy atom. The number of anilines is 2. The van der Waals surface area contributed by atoms with Gasteiger partial charge in [-0.15, -0.1) is 0 Å². The van der Waals surface area contributed by atoms with Crippen molar-refractivity contribution < 1.29 is 22.7 Å². The predicted molar refractivity (Wildman–Crippen MR) is 105 cm³/mol. The summed E-state index contributed by atoms with van der Waals surface area (Å²) in [5, 5.41) is 3.05. The Balaban J connectivity index is 1.62. The summed E-state index contributed by atoms with van der Waals surface area (Å²) >= 11 is 0. The van der Waals surface area contributed by atoms with Crippen molar-refractivity contribution in [2.45, 2.75) is 58.5 Å². The van der Waals surface area contributed by atoms with Crippen LogP contribution < -0.4 is 15.8 Å². The summed E-state index contributed by atoms with van der Waals surface area (Å²) in [4.78, 5) is 30.4. The van der Waals surface area contributed by atoms with E-state index in [9.17, 15) is 22.8 Å². The molecule has 30 heavy (non-hydrogen) atoms. The van der Waals surface area contributed by atoms with Gasteiger partial charge < -0.3 is 15.0 Å². The molecule has 2 fully saturated rings. The second kappa shape index (κ2) is 7.25. The number of fused-ring (bicyclic) bond motifs is 2. The summed E-state index contributed by atoms with van der Waals surface area (Å²) in [5.41, 5.74) is -1.25. The molecule has 1 N–H and O–H groups in total. The number of aromatic nitrogens is 2. The van der Waals surface area contributed by atoms with Gasteiger partial charge in [-0.05, 0) is 24.7 Å². The lowest BCUT2D eigenvalue weighted by molar-refractivity contribution is -0.153. The number of nitrogens with one attached hydrogen (secondary N) is 1. The molecule has 4 atom stereocenters. The lowest BCUT2D eigenvalue weighted by atomic mass is 9.90. The largest absolute Gasteiger partial charge is 0.408 e. The van der Waals surface area contributed by atoms with E-state index in [1.165, 1.54) is 10.6 Å². The van der Waals surface area contributed by atoms with Crippen LogP contribution in [0.5, 0.6) is 0 Å². The van der Waals surface area contributed by atoms with Crippen molar-refractivity contribution >= 4 is 17.5 Å². The van der Waals surface area contributed by atoms with Crippen molar-refractivity contribution in [1.82, 2.24) is 9.55 Å². The van der Waals surface area contributed by atoms with Crippen LogP contribution in [0.3, 0.4) is 0 Å². The number of rotatable bonds is 5. The lowest BCUT2D eigenvalue weighted by Gasteiger charge is -2.39. The Hall–Kier alpha value is -2.10. The fourth-order valence-corrected chi connectivity index (χ4v) is 4.18. The zero-order chi connectivity index (χ0) is 21.8. The molecule has 1 aromatic heterocycles. The molecule has 166 valence electrons. The van der Waals surface area contributed by atoms with Crippen LogP contribution in [0.2, 0.25) is 0 Å². The van der Waals surface area contributed by atoms with Crippen molar-refractivity contribution in [1.29, 1.82) is 0 Å². The minimum absolute atomic E-state index is 0.0251. The Morgan fingerprint density at radius 1 is 1.33 bits per heavy atom. The minimum atomic E-state index is -4.54. The van der Waals surface area contributed by atoms with Crippen LogP contribution in [0.15, 0.2) is 10.9 Å². The summed E-state index contributed by atoms with van der Waals surface area (Å²) in [7, 11) is 0. The Morgan fingerprint density at radius 2 is 2.07 bits per heavy atom. The number of nitrogens with zero attached hydrogens (tertiary/aromatic N) is 3. The molecule has 3 heterocycles. The van der Waals surface area contributed by atoms with Gasteiger partial charge in [0.05, 0.1) is 19.3 Å². The van der Waals surface area contributed by atoms with Crippen LogP contribution in [0.1, 0.15) is 33.6 Å². The Bertz CT molecular complexity index is 893. The third-order valence-electron chi connectivity index (χ3n) is 6.24. The number of carbonyl (C=O) groups excluding carboxylic acids is 1. The highest BCUT2D eigenvalue weighted by molar-refractivity contribution is 5.87. The molecule has 0 radical (unpaired) electrons. The van der Waals surface area contributed by atoms with Crippen LogP contribution in [-0.2, 0) is 16.1 Å². The highest BCUT2D eigenvalue weighted by atomic mass is 19.4. The van der Waals surface area contributed by atoms with Gasteiger partial charge in [0.15, 0.2) is 5.78 Å². The van der Waals surface area contributed by atoms with Crippen molar-refractivity contribution in [2.24, 2.45) is 17.3 Å². The van der Waals surface area contributed by atoms with E-state index < -0.39 is 29.7 Å². The normalized spacial score (nSPS) is 28.1. The molecular formula is C20H27F3N4O3. The molecule has 10 heteroatoms. The van der Waals surface area contributed by atoms with Crippen molar-refractivity contribution in [2.75, 3.05) is 29.9 Å². The molecule has 2 aliphatic heterocycles. The van der Waals surface area contributed by atoms with E-state index in [4.69, 9.17) is 4.74 Å². The highest BCUT2D eigenvalue weighted by Gasteiger charge is 2.49. The Kier molecular flexibility index (Phi) is 5.11. The average molecular weight is 428 g/mol. The fourth-order valence-electron chi connectivity index (χ4n) is 4.18. The Labute approximate surface area is 172 Å². The van der Waals surface area contributed by atoms with Crippen molar-refractivity contribution in [3.63, 3.8) is 0 Å². The van der Waals surface area contributed by atoms with Crippen LogP contribution in [-0.4, -0.2) is 53.4 Å². The quantitative estimate of drug-likeness (QED) is 0.777. The average Bonchev–Trinajstić information content (AvgIpc) is 3.30. The van der Waals surface area contributed by atoms with Crippen LogP contribution >= 0.6 is 0 Å². The number of hydrogen-bond acceptors (Lipinski definition) is 6. The van der Waals surface area contributed by atoms with Gasteiger partial charge in [-0.1, -0.05) is 20.8 Å². The molecule has 0 spiro atoms. The molecule has 1 aliphatic carbocycles. The minimum Gasteiger partial charge on any atom is -0.376 e. The first-order chi connectivity index (χ1) is 13.9. The number of ketones is 1. The molecule has 0 bridgehead atoms. The summed E-state index contributed by atoms with van der Waals surface area (Å²) < 4.78 is 48.1. The van der Waals surface area contributed by atoms with Crippen LogP contribution in [0.25, 0.3) is 0 Å². The van der Waals surface area contributed by atoms with E-state index in [0.717, 1.165) is 17.9 Å². The van der Waals surface area contributed by atoms with Crippen molar-refractivity contribution in [3.8, 4) is 0 Å². The van der Waals surface area contributed by atoms with Crippen LogP contribution in [0.4, 0.5) is 24.9 Å². The standard InChI is InChI=1S/C20H27F3N4O3/c1-19(2,3)15(28)9-27-14(20(21,22)23)4-5-26-17(29)7-16(25-18(26)27)24-8-13-12-6-11(12)10-30-13/h7,11-14,24H,4-6,8-10H2,1-3H3/t11-,12?,13+,14-/m0/s1. The molecule has 4 rings (SSSR count). The van der Waals surface area contributed by atoms with E-state index in [1.54, 1.807) is 20.8 Å². The molecule has 1 unspecified atom stereocenters. The van der Waals surface area contributed by atoms with E-state index in [2.05, 4.69) is 10.3 Å². The first-order valence-corrected chi connectivity index (χ1v) is 10.3. The van der Waals surface area contributed by atoms with Gasteiger partial charge in [-0.3, -0.25) is 14.2 Å². The second-order valence-electron chi connectivity index (χ2n) is 9.49. The number of alkyl halides is 3. The number of ether oxygens (including phenoxy) is 1. The molecule has 0 aromatic carbocycles. The van der Waals surface area contributed by atoms with E-state index in [0.29, 0.717) is 18.4 Å². The van der Waals surface area contributed by atoms with E-state index >= 15 is 0 Å². The van der Waals surface area contributed by atoms with Gasteiger partial charge in [0.25, 0.3) is 5.56 Å². The van der Waals surface area contributed by atoms with Crippen molar-refractivity contribution in [3.05, 3.63) is 16.4 Å². The third kappa shape index (κ3) is 4.06. The zero-order valence-electron chi connectivity index (χ0n) is 17.3. The molecule has 0 amide bonds. The fraction of sp³-hybridized carbons (Fsp3) is 0.750. The summed E-state index contributed by atoms with van der Waals surface area (Å²) in [6.45, 7) is 5.60. The van der Waals surface area contributed by atoms with E-state index in [1.807, 2.05) is 0 Å². The number of hydrogen-bond donors (Lipinski definition) is 1. The summed E-state index contributed by atoms with van der Waals surface area (Å²) in [6.07, 6.45) is -3.69. The van der Waals surface area contributed by atoms with Gasteiger partial charge in [-0.25, -0.2) is 0 Å². The maximum absolute atomic E-state index is 13.7. The third-order valence-corrected chi connectivity index (χ3v) is 6.24. The predicted octanol–water partition coefficient (Wildman–Crippen LogP) is 2.45. The lowest BCUT2D eigenvalue weighted by Crippen LogP contribution is -2.55. The summed E-state index contributed by atoms with van der Waals surface area (Å²) in [6, 6.07) is -0.572. The molecule has 3 aliphatic rings. The van der Waals surface area contributed by atoms with E-state index in [-0.39, 0.29) is 36.6 Å². The van der Waals surface area contributed by atoms with Gasteiger partial charge in [0.2, 0.25) is 5.95 Å². The number of halogens is 3. The maximum Gasteiger partial charge on any atom is 0.408 e. The second-order valence-corrected chi connectivity index (χ2v) is 9.49. The first-order valence-electron chi connectivity index (χ1n) is 10.3. The topological polar surface area (TPSA) is 76.5 Å². The number of Topliss-reactive ketones (excluding diaryl/α,β-unsaturated/α-hetero) is 1. The molecule has 1 aromatic rings. The monoisotopic (exact) mass is 428 g/mol. The summed E-state index contributed by atoms with van der Waals surface area (Å²) in [5.74, 6) is 0.844. The van der Waals surface area contributed by atoms with Gasteiger partial charge in [-0.2, -0.15) is 18.2 Å². The first kappa shape index (κ1) is 21.1. The molecule has 1 saturated carbocycles. The molecule has 7 nitrogen and oxygen atoms in total. The molecular weight excluding hydrogens is 401 g/mol. The van der Waals surface area contributed by atoms with Gasteiger partial charge in [0, 0.05) is 24.6 Å². The highest BCUT2D eigenvalue weighted by Crippen LogP contribution is 2.48. The van der Waals surface area contributed by atoms with Gasteiger partial charge in [0.1, 0.15) is 11.9 Å². The molecule has 1 saturated heterocycles. The van der Waals surface area contributed by atoms with Gasteiger partial charge >= 0.3 is 6.18 Å². The SMILES string of the molecule is CC(C)(C)C(=O)CN1c2nc(NC[C@H]3OC[C@@H]4CC43)cc(=O)n2CC[C@H]1C(F)(F)F. The number of carbonyl (C=O) groups is 1. The maximum atomic E-state index is 13.7.